The van der Waals surface area contributed by atoms with Crippen molar-refractivity contribution in [1.29, 1.82) is 0 Å². The Bertz CT molecular complexity index is 309. The first-order valence-corrected chi connectivity index (χ1v) is 4.29. The van der Waals surface area contributed by atoms with Crippen molar-refractivity contribution in [3.05, 3.63) is 23.6 Å². The molecule has 0 saturated heterocycles. The van der Waals surface area contributed by atoms with Crippen LogP contribution in [-0.2, 0) is 5.88 Å². The smallest absolute Gasteiger partial charge is 0.272 e. The van der Waals surface area contributed by atoms with Crippen LogP contribution in [0.4, 0.5) is 13.2 Å². The highest BCUT2D eigenvalue weighted by atomic mass is 35.5. The molecule has 0 aliphatic rings. The topological polar surface area (TPSA) is 22.1 Å². The second kappa shape index (κ2) is 5.05. The van der Waals surface area contributed by atoms with Gasteiger partial charge in [0.15, 0.2) is 12.4 Å². The molecule has 0 aliphatic carbocycles. The molecule has 14 heavy (non-hydrogen) atoms. The standard InChI is InChI=1S/C8H7ClF3NO/c9-3-5-1-2-13-8(7(5)12)14-4-6(10)11/h1-2,6H,3-4H2. The van der Waals surface area contributed by atoms with E-state index in [9.17, 15) is 13.2 Å². The highest BCUT2D eigenvalue weighted by Gasteiger charge is 2.12. The van der Waals surface area contributed by atoms with E-state index in [1.807, 2.05) is 0 Å². The van der Waals surface area contributed by atoms with Gasteiger partial charge in [-0.25, -0.2) is 18.2 Å². The molecule has 0 fully saturated rings. The zero-order chi connectivity index (χ0) is 10.6. The van der Waals surface area contributed by atoms with E-state index in [0.29, 0.717) is 0 Å². The lowest BCUT2D eigenvalue weighted by molar-refractivity contribution is 0.0773. The molecule has 0 saturated carbocycles. The van der Waals surface area contributed by atoms with Crippen LogP contribution in [-0.4, -0.2) is 18.0 Å². The fourth-order valence-electron chi connectivity index (χ4n) is 0.808. The monoisotopic (exact) mass is 225 g/mol. The third-order valence-electron chi connectivity index (χ3n) is 1.43. The molecule has 0 amide bonds. The van der Waals surface area contributed by atoms with Gasteiger partial charge in [-0.05, 0) is 6.07 Å². The summed E-state index contributed by atoms with van der Waals surface area (Å²) < 4.78 is 41.1. The SMILES string of the molecule is Fc1c(CCl)ccnc1OCC(F)F. The molecule has 0 radical (unpaired) electrons. The molecule has 2 nitrogen and oxygen atoms in total. The second-order valence-electron chi connectivity index (χ2n) is 2.42. The molecule has 1 heterocycles. The molecule has 0 aromatic carbocycles. The lowest BCUT2D eigenvalue weighted by Gasteiger charge is -2.06. The summed E-state index contributed by atoms with van der Waals surface area (Å²) in [4.78, 5) is 3.47. The van der Waals surface area contributed by atoms with Gasteiger partial charge >= 0.3 is 0 Å². The van der Waals surface area contributed by atoms with Crippen LogP contribution in [0.25, 0.3) is 0 Å². The molecule has 6 heteroatoms. The number of hydrogen-bond acceptors (Lipinski definition) is 2. The summed E-state index contributed by atoms with van der Waals surface area (Å²) in [5.41, 5.74) is 0.172. The fraction of sp³-hybridized carbons (Fsp3) is 0.375. The lowest BCUT2D eigenvalue weighted by atomic mass is 10.3. The molecule has 1 aromatic heterocycles. The quantitative estimate of drug-likeness (QED) is 0.735. The highest BCUT2D eigenvalue weighted by molar-refractivity contribution is 6.17. The Hall–Kier alpha value is -0.970. The zero-order valence-corrected chi connectivity index (χ0v) is 7.77. The summed E-state index contributed by atoms with van der Waals surface area (Å²) in [7, 11) is 0. The Morgan fingerprint density at radius 1 is 1.50 bits per heavy atom. The molecule has 0 unspecified atom stereocenters. The number of halogens is 4. The molecule has 1 aromatic rings. The van der Waals surface area contributed by atoms with Gasteiger partial charge in [0.1, 0.15) is 0 Å². The first-order chi connectivity index (χ1) is 6.65. The molecule has 1 rings (SSSR count). The van der Waals surface area contributed by atoms with Crippen LogP contribution >= 0.6 is 11.6 Å². The molecular weight excluding hydrogens is 219 g/mol. The van der Waals surface area contributed by atoms with Crippen LogP contribution in [0.1, 0.15) is 5.56 Å². The molecule has 78 valence electrons. The fourth-order valence-corrected chi connectivity index (χ4v) is 1.01. The van der Waals surface area contributed by atoms with Crippen molar-refractivity contribution in [2.24, 2.45) is 0 Å². The third-order valence-corrected chi connectivity index (χ3v) is 1.72. The van der Waals surface area contributed by atoms with E-state index < -0.39 is 24.7 Å². The van der Waals surface area contributed by atoms with Crippen LogP contribution in [0.2, 0.25) is 0 Å². The van der Waals surface area contributed by atoms with Gasteiger partial charge in [0.2, 0.25) is 0 Å². The Labute approximate surface area is 83.7 Å². The summed E-state index contributed by atoms with van der Waals surface area (Å²) >= 11 is 5.40. The molecule has 0 spiro atoms. The average molecular weight is 226 g/mol. The maximum atomic E-state index is 13.2. The van der Waals surface area contributed by atoms with Crippen molar-refractivity contribution in [2.75, 3.05) is 6.61 Å². The van der Waals surface area contributed by atoms with E-state index >= 15 is 0 Å². The minimum atomic E-state index is -2.66. The molecule has 0 N–H and O–H groups in total. The van der Waals surface area contributed by atoms with Crippen LogP contribution < -0.4 is 4.74 Å². The summed E-state index contributed by atoms with van der Waals surface area (Å²) in [5.74, 6) is -1.29. The van der Waals surface area contributed by atoms with Crippen molar-refractivity contribution in [3.8, 4) is 5.88 Å². The first-order valence-electron chi connectivity index (χ1n) is 3.75. The van der Waals surface area contributed by atoms with Crippen molar-refractivity contribution in [1.82, 2.24) is 4.98 Å². The number of rotatable bonds is 4. The van der Waals surface area contributed by atoms with Crippen LogP contribution in [0.3, 0.4) is 0 Å². The van der Waals surface area contributed by atoms with Crippen molar-refractivity contribution >= 4 is 11.6 Å². The summed E-state index contributed by atoms with van der Waals surface area (Å²) in [6.45, 7) is -0.879. The van der Waals surface area contributed by atoms with Gasteiger partial charge in [-0.2, -0.15) is 0 Å². The van der Waals surface area contributed by atoms with Crippen molar-refractivity contribution in [3.63, 3.8) is 0 Å². The maximum Gasteiger partial charge on any atom is 0.272 e. The van der Waals surface area contributed by atoms with E-state index in [1.165, 1.54) is 12.3 Å². The number of pyridine rings is 1. The number of alkyl halides is 3. The van der Waals surface area contributed by atoms with E-state index in [0.717, 1.165) is 0 Å². The first kappa shape index (κ1) is 11.1. The van der Waals surface area contributed by atoms with Crippen molar-refractivity contribution in [2.45, 2.75) is 12.3 Å². The lowest BCUT2D eigenvalue weighted by Crippen LogP contribution is -2.09. The molecule has 0 aliphatic heterocycles. The van der Waals surface area contributed by atoms with Crippen LogP contribution in [0.15, 0.2) is 12.3 Å². The Balaban J connectivity index is 2.76. The molecule has 0 bridgehead atoms. The average Bonchev–Trinajstić information content (AvgIpc) is 2.16. The summed E-state index contributed by atoms with van der Waals surface area (Å²) in [6, 6.07) is 1.36. The van der Waals surface area contributed by atoms with Gasteiger partial charge in [-0.3, -0.25) is 0 Å². The van der Waals surface area contributed by atoms with Gasteiger partial charge in [0.05, 0.1) is 5.88 Å². The van der Waals surface area contributed by atoms with Gasteiger partial charge < -0.3 is 4.74 Å². The van der Waals surface area contributed by atoms with Gasteiger partial charge in [-0.1, -0.05) is 0 Å². The largest absolute Gasteiger partial charge is 0.470 e. The van der Waals surface area contributed by atoms with Crippen molar-refractivity contribution < 1.29 is 17.9 Å². The number of nitrogens with zero attached hydrogens (tertiary/aromatic N) is 1. The zero-order valence-electron chi connectivity index (χ0n) is 7.01. The van der Waals surface area contributed by atoms with E-state index in [1.54, 1.807) is 0 Å². The van der Waals surface area contributed by atoms with Crippen LogP contribution in [0, 0.1) is 5.82 Å². The Kier molecular flexibility index (Phi) is 4.00. The van der Waals surface area contributed by atoms with E-state index in [2.05, 4.69) is 9.72 Å². The number of aromatic nitrogens is 1. The van der Waals surface area contributed by atoms with Gasteiger partial charge in [0, 0.05) is 11.8 Å². The summed E-state index contributed by atoms with van der Waals surface area (Å²) in [6.07, 6.45) is -1.41. The predicted molar refractivity (Wildman–Crippen MR) is 45.3 cm³/mol. The van der Waals surface area contributed by atoms with Gasteiger partial charge in [0.25, 0.3) is 12.3 Å². The van der Waals surface area contributed by atoms with Gasteiger partial charge in [-0.15, -0.1) is 11.6 Å². The maximum absolute atomic E-state index is 13.2. The summed E-state index contributed by atoms with van der Waals surface area (Å²) in [5, 5.41) is 0. The Morgan fingerprint density at radius 2 is 2.21 bits per heavy atom. The highest BCUT2D eigenvalue weighted by Crippen LogP contribution is 2.19. The minimum absolute atomic E-state index is 0.0562. The normalized spacial score (nSPS) is 10.6. The molecule has 0 atom stereocenters. The van der Waals surface area contributed by atoms with E-state index in [4.69, 9.17) is 11.6 Å². The third kappa shape index (κ3) is 2.77. The molecular formula is C8H7ClF3NO. The number of hydrogen-bond donors (Lipinski definition) is 0. The Morgan fingerprint density at radius 3 is 2.79 bits per heavy atom. The minimum Gasteiger partial charge on any atom is -0.470 e. The predicted octanol–water partition coefficient (Wildman–Crippen LogP) is 2.60. The van der Waals surface area contributed by atoms with E-state index in [-0.39, 0.29) is 11.4 Å². The second-order valence-corrected chi connectivity index (χ2v) is 2.69. The van der Waals surface area contributed by atoms with Crippen LogP contribution in [0.5, 0.6) is 5.88 Å². The number of ether oxygens (including phenoxy) is 1.